The van der Waals surface area contributed by atoms with Crippen LogP contribution >= 0.6 is 0 Å². The zero-order chi connectivity index (χ0) is 13.0. The minimum absolute atomic E-state index is 0.321. The van der Waals surface area contributed by atoms with Gasteiger partial charge in [-0.1, -0.05) is 30.3 Å². The van der Waals surface area contributed by atoms with Gasteiger partial charge in [-0.2, -0.15) is 0 Å². The van der Waals surface area contributed by atoms with E-state index in [1.54, 1.807) is 19.9 Å². The van der Waals surface area contributed by atoms with Crippen LogP contribution in [0.25, 0.3) is 0 Å². The lowest BCUT2D eigenvalue weighted by Gasteiger charge is -1.97. The molecule has 18 heavy (non-hydrogen) atoms. The van der Waals surface area contributed by atoms with Gasteiger partial charge in [-0.25, -0.2) is 4.79 Å². The van der Waals surface area contributed by atoms with E-state index >= 15 is 0 Å². The van der Waals surface area contributed by atoms with E-state index in [1.807, 2.05) is 30.3 Å². The van der Waals surface area contributed by atoms with Gasteiger partial charge in [0.2, 0.25) is 0 Å². The lowest BCUT2D eigenvalue weighted by atomic mass is 10.1. The maximum atomic E-state index is 11.6. The molecule has 1 heterocycles. The van der Waals surface area contributed by atoms with E-state index in [0.717, 1.165) is 11.3 Å². The van der Waals surface area contributed by atoms with Crippen molar-refractivity contribution in [3.8, 4) is 0 Å². The molecule has 0 radical (unpaired) electrons. The summed E-state index contributed by atoms with van der Waals surface area (Å²) in [5.74, 6) is 1.07. The lowest BCUT2D eigenvalue weighted by molar-refractivity contribution is 0.0524. The van der Waals surface area contributed by atoms with Crippen molar-refractivity contribution in [1.29, 1.82) is 0 Å². The third kappa shape index (κ3) is 2.80. The molecule has 2 rings (SSSR count). The minimum Gasteiger partial charge on any atom is -0.465 e. The Morgan fingerprint density at radius 3 is 2.67 bits per heavy atom. The highest BCUT2D eigenvalue weighted by Gasteiger charge is 2.15. The SMILES string of the molecule is CCOC(=O)c1cc(Cc2ccccc2)oc1C. The Balaban J connectivity index is 2.16. The van der Waals surface area contributed by atoms with E-state index in [2.05, 4.69) is 0 Å². The van der Waals surface area contributed by atoms with Gasteiger partial charge in [0.15, 0.2) is 0 Å². The van der Waals surface area contributed by atoms with Crippen molar-refractivity contribution >= 4 is 5.97 Å². The Morgan fingerprint density at radius 1 is 1.28 bits per heavy atom. The van der Waals surface area contributed by atoms with Crippen molar-refractivity contribution in [2.75, 3.05) is 6.61 Å². The highest BCUT2D eigenvalue weighted by atomic mass is 16.5. The van der Waals surface area contributed by atoms with Crippen LogP contribution in [0.15, 0.2) is 40.8 Å². The van der Waals surface area contributed by atoms with Crippen LogP contribution in [-0.4, -0.2) is 12.6 Å². The van der Waals surface area contributed by atoms with Gasteiger partial charge in [-0.3, -0.25) is 0 Å². The number of rotatable bonds is 4. The highest BCUT2D eigenvalue weighted by molar-refractivity contribution is 5.90. The summed E-state index contributed by atoms with van der Waals surface area (Å²) in [5, 5.41) is 0. The molecule has 0 fully saturated rings. The fourth-order valence-corrected chi connectivity index (χ4v) is 1.84. The molecule has 0 amide bonds. The van der Waals surface area contributed by atoms with Crippen LogP contribution in [0.2, 0.25) is 0 Å². The molecule has 94 valence electrons. The van der Waals surface area contributed by atoms with Crippen LogP contribution in [0.5, 0.6) is 0 Å². The largest absolute Gasteiger partial charge is 0.465 e. The van der Waals surface area contributed by atoms with Crippen LogP contribution in [0.1, 0.15) is 34.4 Å². The third-order valence-electron chi connectivity index (χ3n) is 2.69. The van der Waals surface area contributed by atoms with Gasteiger partial charge in [0, 0.05) is 6.42 Å². The Labute approximate surface area is 106 Å². The molecule has 3 nitrogen and oxygen atoms in total. The topological polar surface area (TPSA) is 39.4 Å². The monoisotopic (exact) mass is 244 g/mol. The standard InChI is InChI=1S/C15H16O3/c1-3-17-15(16)14-10-13(18-11(14)2)9-12-7-5-4-6-8-12/h4-8,10H,3,9H2,1-2H3. The number of aryl methyl sites for hydroxylation is 1. The van der Waals surface area contributed by atoms with E-state index in [0.29, 0.717) is 24.4 Å². The van der Waals surface area contributed by atoms with Crippen molar-refractivity contribution in [1.82, 2.24) is 0 Å². The minimum atomic E-state index is -0.321. The molecule has 0 saturated heterocycles. The van der Waals surface area contributed by atoms with E-state index in [-0.39, 0.29) is 5.97 Å². The molecule has 0 unspecified atom stereocenters. The number of hydrogen-bond donors (Lipinski definition) is 0. The maximum absolute atomic E-state index is 11.6. The molecule has 0 aliphatic heterocycles. The number of carbonyl (C=O) groups excluding carboxylic acids is 1. The molecule has 0 saturated carbocycles. The second kappa shape index (κ2) is 5.54. The Kier molecular flexibility index (Phi) is 3.82. The van der Waals surface area contributed by atoms with Gasteiger partial charge in [-0.05, 0) is 25.5 Å². The number of benzene rings is 1. The summed E-state index contributed by atoms with van der Waals surface area (Å²) < 4.78 is 10.6. The predicted molar refractivity (Wildman–Crippen MR) is 68.6 cm³/mol. The molecule has 3 heteroatoms. The summed E-state index contributed by atoms with van der Waals surface area (Å²) in [4.78, 5) is 11.6. The molecule has 0 spiro atoms. The molecular weight excluding hydrogens is 228 g/mol. The van der Waals surface area contributed by atoms with Crippen LogP contribution in [0, 0.1) is 6.92 Å². The average molecular weight is 244 g/mol. The van der Waals surface area contributed by atoms with Gasteiger partial charge in [-0.15, -0.1) is 0 Å². The van der Waals surface area contributed by atoms with Crippen LogP contribution in [0.3, 0.4) is 0 Å². The quantitative estimate of drug-likeness (QED) is 0.774. The first-order valence-corrected chi connectivity index (χ1v) is 6.01. The van der Waals surface area contributed by atoms with Crippen molar-refractivity contribution in [3.05, 3.63) is 59.0 Å². The smallest absolute Gasteiger partial charge is 0.341 e. The zero-order valence-electron chi connectivity index (χ0n) is 10.6. The molecule has 1 aromatic heterocycles. The second-order valence-corrected chi connectivity index (χ2v) is 4.07. The normalized spacial score (nSPS) is 10.3. The number of ether oxygens (including phenoxy) is 1. The molecule has 0 aliphatic rings. The number of furan rings is 1. The van der Waals surface area contributed by atoms with Crippen molar-refractivity contribution in [3.63, 3.8) is 0 Å². The molecule has 0 N–H and O–H groups in total. The summed E-state index contributed by atoms with van der Waals surface area (Å²) in [6.07, 6.45) is 0.682. The van der Waals surface area contributed by atoms with Crippen molar-refractivity contribution in [2.24, 2.45) is 0 Å². The summed E-state index contributed by atoms with van der Waals surface area (Å²) in [6.45, 7) is 3.94. The number of carbonyl (C=O) groups is 1. The van der Waals surface area contributed by atoms with Gasteiger partial charge >= 0.3 is 5.97 Å². The molecule has 0 aliphatic carbocycles. The molecule has 0 atom stereocenters. The van der Waals surface area contributed by atoms with Crippen molar-refractivity contribution in [2.45, 2.75) is 20.3 Å². The summed E-state index contributed by atoms with van der Waals surface area (Å²) in [5.41, 5.74) is 1.67. The van der Waals surface area contributed by atoms with E-state index in [4.69, 9.17) is 9.15 Å². The first-order chi connectivity index (χ1) is 8.70. The van der Waals surface area contributed by atoms with E-state index < -0.39 is 0 Å². The predicted octanol–water partition coefficient (Wildman–Crippen LogP) is 3.36. The molecule has 2 aromatic rings. The number of esters is 1. The van der Waals surface area contributed by atoms with Crippen LogP contribution in [-0.2, 0) is 11.2 Å². The van der Waals surface area contributed by atoms with Gasteiger partial charge in [0.25, 0.3) is 0 Å². The Hall–Kier alpha value is -2.03. The first-order valence-electron chi connectivity index (χ1n) is 6.01. The second-order valence-electron chi connectivity index (χ2n) is 4.07. The fraction of sp³-hybridized carbons (Fsp3) is 0.267. The van der Waals surface area contributed by atoms with E-state index in [9.17, 15) is 4.79 Å². The summed E-state index contributed by atoms with van der Waals surface area (Å²) in [6, 6.07) is 11.8. The summed E-state index contributed by atoms with van der Waals surface area (Å²) >= 11 is 0. The van der Waals surface area contributed by atoms with Gasteiger partial charge < -0.3 is 9.15 Å². The molecule has 1 aromatic carbocycles. The Bertz CT molecular complexity index is 526. The van der Waals surface area contributed by atoms with Crippen molar-refractivity contribution < 1.29 is 13.9 Å². The first kappa shape index (κ1) is 12.4. The van der Waals surface area contributed by atoms with Crippen LogP contribution < -0.4 is 0 Å². The number of hydrogen-bond acceptors (Lipinski definition) is 3. The average Bonchev–Trinajstić information content (AvgIpc) is 2.72. The fourth-order valence-electron chi connectivity index (χ4n) is 1.84. The third-order valence-corrected chi connectivity index (χ3v) is 2.69. The summed E-state index contributed by atoms with van der Waals surface area (Å²) in [7, 11) is 0. The lowest BCUT2D eigenvalue weighted by Crippen LogP contribution is -2.04. The van der Waals surface area contributed by atoms with Crippen LogP contribution in [0.4, 0.5) is 0 Å². The van der Waals surface area contributed by atoms with Gasteiger partial charge in [0.1, 0.15) is 17.1 Å². The molecular formula is C15H16O3. The maximum Gasteiger partial charge on any atom is 0.341 e. The molecule has 0 bridgehead atoms. The van der Waals surface area contributed by atoms with Gasteiger partial charge in [0.05, 0.1) is 6.61 Å². The Morgan fingerprint density at radius 2 is 2.00 bits per heavy atom. The highest BCUT2D eigenvalue weighted by Crippen LogP contribution is 2.18. The zero-order valence-corrected chi connectivity index (χ0v) is 10.6. The van der Waals surface area contributed by atoms with E-state index in [1.165, 1.54) is 0 Å².